The minimum Gasteiger partial charge on any atom is -0.467 e. The average Bonchev–Trinajstić information content (AvgIpc) is 2.82. The second kappa shape index (κ2) is 6.01. The van der Waals surface area contributed by atoms with Crippen molar-refractivity contribution in [2.24, 2.45) is 0 Å². The van der Waals surface area contributed by atoms with Crippen LogP contribution in [0.3, 0.4) is 0 Å². The fraction of sp³-hybridized carbons (Fsp3) is 0.267. The molecule has 0 saturated carbocycles. The summed E-state index contributed by atoms with van der Waals surface area (Å²) in [7, 11) is 3.44. The number of aryl methyl sites for hydroxylation is 1. The summed E-state index contributed by atoms with van der Waals surface area (Å²) in [6.45, 7) is 2.51. The Balaban J connectivity index is 2.17. The summed E-state index contributed by atoms with van der Waals surface area (Å²) < 4.78 is 5.36. The van der Waals surface area contributed by atoms with Gasteiger partial charge in [-0.05, 0) is 36.8 Å². The summed E-state index contributed by atoms with van der Waals surface area (Å²) in [4.78, 5) is 13.5. The van der Waals surface area contributed by atoms with E-state index in [9.17, 15) is 4.79 Å². The Labute approximate surface area is 123 Å². The quantitative estimate of drug-likeness (QED) is 0.937. The van der Waals surface area contributed by atoms with Crippen LogP contribution in [0.4, 0.5) is 5.69 Å². The molecule has 5 heteroatoms. The summed E-state index contributed by atoms with van der Waals surface area (Å²) in [6, 6.07) is 7.09. The van der Waals surface area contributed by atoms with Crippen LogP contribution >= 0.6 is 11.6 Å². The van der Waals surface area contributed by atoms with Crippen molar-refractivity contribution in [1.82, 2.24) is 4.90 Å². The molecule has 0 aliphatic heterocycles. The Morgan fingerprint density at radius 2 is 2.10 bits per heavy atom. The van der Waals surface area contributed by atoms with Crippen molar-refractivity contribution in [2.45, 2.75) is 13.5 Å². The maximum Gasteiger partial charge on any atom is 0.253 e. The number of anilines is 1. The van der Waals surface area contributed by atoms with E-state index < -0.39 is 0 Å². The molecule has 0 radical (unpaired) electrons. The molecule has 0 fully saturated rings. The van der Waals surface area contributed by atoms with Crippen molar-refractivity contribution in [3.8, 4) is 0 Å². The molecule has 1 heterocycles. The first-order valence-electron chi connectivity index (χ1n) is 6.27. The van der Waals surface area contributed by atoms with Gasteiger partial charge < -0.3 is 14.6 Å². The zero-order valence-corrected chi connectivity index (χ0v) is 12.5. The van der Waals surface area contributed by atoms with Gasteiger partial charge in [0.15, 0.2) is 0 Å². The Hall–Kier alpha value is -1.94. The van der Waals surface area contributed by atoms with Gasteiger partial charge in [-0.1, -0.05) is 11.6 Å². The van der Waals surface area contributed by atoms with Crippen LogP contribution in [0.15, 0.2) is 34.9 Å². The lowest BCUT2D eigenvalue weighted by molar-refractivity contribution is 0.0827. The zero-order valence-electron chi connectivity index (χ0n) is 11.7. The van der Waals surface area contributed by atoms with Gasteiger partial charge in [0.1, 0.15) is 5.76 Å². The van der Waals surface area contributed by atoms with Gasteiger partial charge in [0.05, 0.1) is 23.5 Å². The fourth-order valence-corrected chi connectivity index (χ4v) is 2.00. The highest BCUT2D eigenvalue weighted by Gasteiger charge is 2.11. The molecular formula is C15H17ClN2O2. The van der Waals surface area contributed by atoms with Gasteiger partial charge in [-0.15, -0.1) is 0 Å². The molecule has 0 aliphatic rings. The van der Waals surface area contributed by atoms with Gasteiger partial charge in [0.2, 0.25) is 0 Å². The molecule has 0 aliphatic carbocycles. The lowest BCUT2D eigenvalue weighted by Gasteiger charge is -2.13. The van der Waals surface area contributed by atoms with Gasteiger partial charge in [-0.25, -0.2) is 0 Å². The first kappa shape index (κ1) is 14.5. The van der Waals surface area contributed by atoms with Crippen LogP contribution in [0.25, 0.3) is 0 Å². The van der Waals surface area contributed by atoms with E-state index in [-0.39, 0.29) is 5.91 Å². The van der Waals surface area contributed by atoms with Crippen molar-refractivity contribution in [1.29, 1.82) is 0 Å². The number of benzene rings is 1. The first-order valence-corrected chi connectivity index (χ1v) is 6.65. The van der Waals surface area contributed by atoms with E-state index in [1.54, 1.807) is 38.6 Å². The molecular weight excluding hydrogens is 276 g/mol. The number of hydrogen-bond donors (Lipinski definition) is 1. The molecule has 1 amide bonds. The third-order valence-electron chi connectivity index (χ3n) is 3.03. The Kier molecular flexibility index (Phi) is 4.35. The molecule has 1 aromatic heterocycles. The molecule has 0 unspecified atom stereocenters. The Bertz CT molecular complexity index is 620. The number of carbonyl (C=O) groups excluding carboxylic acids is 1. The van der Waals surface area contributed by atoms with Gasteiger partial charge in [0.25, 0.3) is 5.91 Å². The van der Waals surface area contributed by atoms with Crippen LogP contribution in [-0.2, 0) is 6.54 Å². The molecule has 106 valence electrons. The lowest BCUT2D eigenvalue weighted by Crippen LogP contribution is -2.21. The number of rotatable bonds is 4. The fourth-order valence-electron chi connectivity index (χ4n) is 1.81. The van der Waals surface area contributed by atoms with Crippen LogP contribution in [0.2, 0.25) is 5.02 Å². The maximum atomic E-state index is 11.9. The smallest absolute Gasteiger partial charge is 0.253 e. The second-order valence-corrected chi connectivity index (χ2v) is 5.18. The molecule has 1 N–H and O–H groups in total. The molecule has 2 aromatic rings. The summed E-state index contributed by atoms with van der Waals surface area (Å²) in [5.74, 6) is 0.796. The molecule has 20 heavy (non-hydrogen) atoms. The molecule has 0 spiro atoms. The minimum atomic E-state index is -0.0566. The van der Waals surface area contributed by atoms with Crippen LogP contribution in [0.1, 0.15) is 21.7 Å². The molecule has 0 atom stereocenters. The van der Waals surface area contributed by atoms with E-state index in [1.807, 2.05) is 13.0 Å². The third-order valence-corrected chi connectivity index (χ3v) is 3.36. The number of amides is 1. The van der Waals surface area contributed by atoms with Gasteiger partial charge in [-0.3, -0.25) is 4.79 Å². The number of nitrogens with one attached hydrogen (secondary N) is 1. The van der Waals surface area contributed by atoms with Crippen LogP contribution in [0, 0.1) is 6.92 Å². The molecule has 4 nitrogen and oxygen atoms in total. The van der Waals surface area contributed by atoms with Gasteiger partial charge >= 0.3 is 0 Å². The largest absolute Gasteiger partial charge is 0.467 e. The van der Waals surface area contributed by atoms with Crippen LogP contribution < -0.4 is 5.32 Å². The molecule has 0 saturated heterocycles. The van der Waals surface area contributed by atoms with E-state index in [2.05, 4.69) is 5.32 Å². The zero-order chi connectivity index (χ0) is 14.7. The summed E-state index contributed by atoms with van der Waals surface area (Å²) in [6.07, 6.45) is 1.65. The average molecular weight is 293 g/mol. The van der Waals surface area contributed by atoms with Crippen molar-refractivity contribution >= 4 is 23.2 Å². The van der Waals surface area contributed by atoms with Crippen molar-refractivity contribution in [3.05, 3.63) is 52.4 Å². The summed E-state index contributed by atoms with van der Waals surface area (Å²) in [5.41, 5.74) is 2.39. The van der Waals surface area contributed by atoms with Crippen molar-refractivity contribution in [2.75, 3.05) is 19.4 Å². The SMILES string of the molecule is Cc1ccoc1CNc1cc(C(=O)N(C)C)ccc1Cl. The van der Waals surface area contributed by atoms with Crippen molar-refractivity contribution < 1.29 is 9.21 Å². The van der Waals surface area contributed by atoms with Crippen molar-refractivity contribution in [3.63, 3.8) is 0 Å². The number of nitrogens with zero attached hydrogens (tertiary/aromatic N) is 1. The maximum absolute atomic E-state index is 11.9. The van der Waals surface area contributed by atoms with Gasteiger partial charge in [0, 0.05) is 19.7 Å². The van der Waals surface area contributed by atoms with Crippen LogP contribution in [0.5, 0.6) is 0 Å². The first-order chi connectivity index (χ1) is 9.49. The predicted molar refractivity (Wildman–Crippen MR) is 80.2 cm³/mol. The standard InChI is InChI=1S/C15H17ClN2O2/c1-10-6-7-20-14(10)9-17-13-8-11(4-5-12(13)16)15(19)18(2)3/h4-8,17H,9H2,1-3H3. The summed E-state index contributed by atoms with van der Waals surface area (Å²) in [5, 5.41) is 3.77. The normalized spacial score (nSPS) is 10.4. The molecule has 2 rings (SSSR count). The van der Waals surface area contributed by atoms with E-state index in [0.717, 1.165) is 17.0 Å². The number of halogens is 1. The highest BCUT2D eigenvalue weighted by molar-refractivity contribution is 6.33. The highest BCUT2D eigenvalue weighted by Crippen LogP contribution is 2.24. The van der Waals surface area contributed by atoms with E-state index in [4.69, 9.17) is 16.0 Å². The number of hydrogen-bond acceptors (Lipinski definition) is 3. The Morgan fingerprint density at radius 1 is 1.35 bits per heavy atom. The summed E-state index contributed by atoms with van der Waals surface area (Å²) >= 11 is 6.14. The van der Waals surface area contributed by atoms with E-state index >= 15 is 0 Å². The predicted octanol–water partition coefficient (Wildman–Crippen LogP) is 3.56. The van der Waals surface area contributed by atoms with E-state index in [1.165, 1.54) is 4.90 Å². The van der Waals surface area contributed by atoms with Crippen LogP contribution in [-0.4, -0.2) is 24.9 Å². The lowest BCUT2D eigenvalue weighted by atomic mass is 10.1. The molecule has 0 bridgehead atoms. The monoisotopic (exact) mass is 292 g/mol. The van der Waals surface area contributed by atoms with Gasteiger partial charge in [-0.2, -0.15) is 0 Å². The molecule has 1 aromatic carbocycles. The third kappa shape index (κ3) is 3.14. The number of furan rings is 1. The Morgan fingerprint density at radius 3 is 2.70 bits per heavy atom. The number of carbonyl (C=O) groups is 1. The highest BCUT2D eigenvalue weighted by atomic mass is 35.5. The second-order valence-electron chi connectivity index (χ2n) is 4.77. The minimum absolute atomic E-state index is 0.0566. The van der Waals surface area contributed by atoms with E-state index in [0.29, 0.717) is 17.1 Å². The topological polar surface area (TPSA) is 45.5 Å².